The number of benzene rings is 1. The highest BCUT2D eigenvalue weighted by molar-refractivity contribution is 5.67. The largest absolute Gasteiger partial charge is 0.507 e. The van der Waals surface area contributed by atoms with Crippen LogP contribution in [0, 0.1) is 0 Å². The number of hydrogen-bond donors (Lipinski definition) is 1. The van der Waals surface area contributed by atoms with Crippen LogP contribution in [0.3, 0.4) is 0 Å². The highest BCUT2D eigenvalue weighted by Gasteiger charge is 2.23. The van der Waals surface area contributed by atoms with Crippen LogP contribution >= 0.6 is 0 Å². The number of allylic oxidation sites excluding steroid dienone is 4. The van der Waals surface area contributed by atoms with Gasteiger partial charge < -0.3 is 9.84 Å². The van der Waals surface area contributed by atoms with Crippen LogP contribution in [0.2, 0.25) is 0 Å². The number of rotatable bonds is 3. The van der Waals surface area contributed by atoms with Gasteiger partial charge in [-0.05, 0) is 69.4 Å². The molecule has 1 heterocycles. The molecule has 1 aromatic carbocycles. The van der Waals surface area contributed by atoms with E-state index in [1.807, 2.05) is 32.1 Å². The number of phenols is 1. The Kier molecular flexibility index (Phi) is 3.62. The standard InChI is InChI=1S/C19H22O2/c1-19(2)11-10-16-17(20)12-15(13-18(16)21-19)9-8-14-6-4-3-5-7-14/h4,6-7,10-13,20H,3,5,8-9H2,1-2H3. The number of aryl methyl sites for hydroxylation is 1. The number of phenolic OH excluding ortho intramolecular Hbond substituents is 1. The Labute approximate surface area is 126 Å². The molecule has 2 aliphatic rings. The van der Waals surface area contributed by atoms with Gasteiger partial charge in [0.2, 0.25) is 0 Å². The summed E-state index contributed by atoms with van der Waals surface area (Å²) in [7, 11) is 0. The van der Waals surface area contributed by atoms with Gasteiger partial charge >= 0.3 is 0 Å². The van der Waals surface area contributed by atoms with Crippen molar-refractivity contribution >= 4 is 6.08 Å². The van der Waals surface area contributed by atoms with Crippen molar-refractivity contribution < 1.29 is 9.84 Å². The molecule has 1 aliphatic carbocycles. The van der Waals surface area contributed by atoms with Crippen molar-refractivity contribution in [2.24, 2.45) is 0 Å². The summed E-state index contributed by atoms with van der Waals surface area (Å²) >= 11 is 0. The summed E-state index contributed by atoms with van der Waals surface area (Å²) in [5.41, 5.74) is 2.99. The molecule has 3 rings (SSSR count). The monoisotopic (exact) mass is 282 g/mol. The lowest BCUT2D eigenvalue weighted by Crippen LogP contribution is -2.27. The molecular formula is C19H22O2. The van der Waals surface area contributed by atoms with Crippen LogP contribution in [0.25, 0.3) is 6.08 Å². The molecule has 0 bridgehead atoms. The number of hydrogen-bond acceptors (Lipinski definition) is 2. The second-order valence-corrected chi connectivity index (χ2v) is 6.32. The first kappa shape index (κ1) is 14.0. The van der Waals surface area contributed by atoms with Gasteiger partial charge in [-0.2, -0.15) is 0 Å². The third-order valence-electron chi connectivity index (χ3n) is 3.98. The topological polar surface area (TPSA) is 29.5 Å². The number of ether oxygens (including phenoxy) is 1. The van der Waals surface area contributed by atoms with E-state index in [0.717, 1.165) is 42.6 Å². The van der Waals surface area contributed by atoms with Gasteiger partial charge in [0.1, 0.15) is 17.1 Å². The Bertz CT molecular complexity index is 633. The molecule has 0 unspecified atom stereocenters. The Morgan fingerprint density at radius 2 is 2.00 bits per heavy atom. The Balaban J connectivity index is 1.79. The highest BCUT2D eigenvalue weighted by atomic mass is 16.5. The molecule has 21 heavy (non-hydrogen) atoms. The maximum Gasteiger partial charge on any atom is 0.131 e. The molecular weight excluding hydrogens is 260 g/mol. The van der Waals surface area contributed by atoms with Crippen LogP contribution in [0.4, 0.5) is 0 Å². The van der Waals surface area contributed by atoms with Crippen molar-refractivity contribution in [1.29, 1.82) is 0 Å². The fourth-order valence-electron chi connectivity index (χ4n) is 2.81. The van der Waals surface area contributed by atoms with Crippen molar-refractivity contribution in [1.82, 2.24) is 0 Å². The highest BCUT2D eigenvalue weighted by Crippen LogP contribution is 2.37. The Morgan fingerprint density at radius 1 is 1.14 bits per heavy atom. The van der Waals surface area contributed by atoms with Crippen molar-refractivity contribution in [2.75, 3.05) is 0 Å². The molecule has 1 aliphatic heterocycles. The molecule has 2 heteroatoms. The molecule has 1 N–H and O–H groups in total. The predicted molar refractivity (Wildman–Crippen MR) is 86.6 cm³/mol. The molecule has 0 atom stereocenters. The fourth-order valence-corrected chi connectivity index (χ4v) is 2.81. The lowest BCUT2D eigenvalue weighted by atomic mass is 9.96. The molecule has 0 saturated heterocycles. The maximum absolute atomic E-state index is 10.2. The second kappa shape index (κ2) is 5.44. The smallest absolute Gasteiger partial charge is 0.131 e. The summed E-state index contributed by atoms with van der Waals surface area (Å²) in [6, 6.07) is 3.92. The van der Waals surface area contributed by atoms with Gasteiger partial charge in [-0.1, -0.05) is 23.8 Å². The number of aromatic hydroxyl groups is 1. The molecule has 110 valence electrons. The minimum absolute atomic E-state index is 0.308. The minimum atomic E-state index is -0.313. The van der Waals surface area contributed by atoms with Gasteiger partial charge in [0.25, 0.3) is 0 Å². The lowest BCUT2D eigenvalue weighted by molar-refractivity contribution is 0.158. The first-order chi connectivity index (χ1) is 10.0. The first-order valence-electron chi connectivity index (χ1n) is 7.63. The normalized spacial score (nSPS) is 18.9. The third-order valence-corrected chi connectivity index (χ3v) is 3.98. The van der Waals surface area contributed by atoms with E-state index < -0.39 is 0 Å². The summed E-state index contributed by atoms with van der Waals surface area (Å²) in [6.45, 7) is 4.04. The molecule has 2 nitrogen and oxygen atoms in total. The van der Waals surface area contributed by atoms with E-state index in [0.29, 0.717) is 5.75 Å². The van der Waals surface area contributed by atoms with Crippen LogP contribution in [0.5, 0.6) is 11.5 Å². The Morgan fingerprint density at radius 3 is 2.76 bits per heavy atom. The van der Waals surface area contributed by atoms with Gasteiger partial charge in [0, 0.05) is 0 Å². The van der Waals surface area contributed by atoms with Crippen molar-refractivity contribution in [3.8, 4) is 11.5 Å². The van der Waals surface area contributed by atoms with E-state index in [-0.39, 0.29) is 5.60 Å². The molecule has 0 radical (unpaired) electrons. The van der Waals surface area contributed by atoms with Gasteiger partial charge in [0.05, 0.1) is 5.56 Å². The van der Waals surface area contributed by atoms with Crippen LogP contribution in [0.1, 0.15) is 44.2 Å². The van der Waals surface area contributed by atoms with E-state index >= 15 is 0 Å². The van der Waals surface area contributed by atoms with Gasteiger partial charge in [-0.25, -0.2) is 0 Å². The zero-order valence-electron chi connectivity index (χ0n) is 12.7. The van der Waals surface area contributed by atoms with Crippen molar-refractivity contribution in [2.45, 2.75) is 45.1 Å². The molecule has 0 amide bonds. The average Bonchev–Trinajstić information content (AvgIpc) is 2.45. The van der Waals surface area contributed by atoms with E-state index in [1.165, 1.54) is 5.57 Å². The third kappa shape index (κ3) is 3.21. The zero-order valence-corrected chi connectivity index (χ0v) is 12.7. The molecule has 0 saturated carbocycles. The quantitative estimate of drug-likeness (QED) is 0.864. The predicted octanol–water partition coefficient (Wildman–Crippen LogP) is 4.79. The summed E-state index contributed by atoms with van der Waals surface area (Å²) < 4.78 is 5.96. The van der Waals surface area contributed by atoms with E-state index in [2.05, 4.69) is 24.3 Å². The van der Waals surface area contributed by atoms with Gasteiger partial charge in [0.15, 0.2) is 0 Å². The fraction of sp³-hybridized carbons (Fsp3) is 0.368. The molecule has 0 spiro atoms. The summed E-state index contributed by atoms with van der Waals surface area (Å²) in [6.07, 6.45) is 14.9. The van der Waals surface area contributed by atoms with Crippen LogP contribution < -0.4 is 4.74 Å². The summed E-state index contributed by atoms with van der Waals surface area (Å²) in [5, 5.41) is 10.2. The second-order valence-electron chi connectivity index (χ2n) is 6.32. The summed E-state index contributed by atoms with van der Waals surface area (Å²) in [5.74, 6) is 1.09. The van der Waals surface area contributed by atoms with E-state index in [1.54, 1.807) is 0 Å². The van der Waals surface area contributed by atoms with Gasteiger partial charge in [-0.15, -0.1) is 0 Å². The SMILES string of the molecule is CC1(C)C=Cc2c(O)cc(CCC3=CCCC=C3)cc2O1. The minimum Gasteiger partial charge on any atom is -0.507 e. The molecule has 1 aromatic rings. The van der Waals surface area contributed by atoms with Crippen molar-refractivity contribution in [3.63, 3.8) is 0 Å². The van der Waals surface area contributed by atoms with Crippen LogP contribution in [0.15, 0.2) is 42.0 Å². The lowest BCUT2D eigenvalue weighted by Gasteiger charge is -2.28. The average molecular weight is 282 g/mol. The zero-order chi connectivity index (χ0) is 14.9. The molecule has 0 fully saturated rings. The van der Waals surface area contributed by atoms with Crippen LogP contribution in [-0.2, 0) is 6.42 Å². The van der Waals surface area contributed by atoms with E-state index in [9.17, 15) is 5.11 Å². The van der Waals surface area contributed by atoms with Gasteiger partial charge in [-0.3, -0.25) is 0 Å². The van der Waals surface area contributed by atoms with E-state index in [4.69, 9.17) is 4.74 Å². The van der Waals surface area contributed by atoms with Crippen molar-refractivity contribution in [3.05, 3.63) is 53.1 Å². The Hall–Kier alpha value is -1.96. The first-order valence-corrected chi connectivity index (χ1v) is 7.63. The maximum atomic E-state index is 10.2. The molecule has 0 aromatic heterocycles. The summed E-state index contributed by atoms with van der Waals surface area (Å²) in [4.78, 5) is 0. The van der Waals surface area contributed by atoms with Crippen LogP contribution in [-0.4, -0.2) is 10.7 Å². The number of fused-ring (bicyclic) bond motifs is 1.